The monoisotopic (exact) mass is 392 g/mol. The number of hydrogen-bond donors (Lipinski definition) is 1. The second kappa shape index (κ2) is 9.13. The van der Waals surface area contributed by atoms with Crippen molar-refractivity contribution in [2.45, 2.75) is 26.7 Å². The van der Waals surface area contributed by atoms with Gasteiger partial charge < -0.3 is 14.8 Å². The van der Waals surface area contributed by atoms with Crippen LogP contribution >= 0.6 is 11.3 Å². The highest BCUT2D eigenvalue weighted by atomic mass is 32.1. The Morgan fingerprint density at radius 3 is 2.63 bits per heavy atom. The van der Waals surface area contributed by atoms with Gasteiger partial charge in [0.25, 0.3) is 5.91 Å². The Labute approximate surface area is 160 Å². The number of amides is 1. The smallest absolute Gasteiger partial charge is 0.341 e. The summed E-state index contributed by atoms with van der Waals surface area (Å²) in [5.41, 5.74) is 0.0559. The molecular formula is C18H20N2O6S. The summed E-state index contributed by atoms with van der Waals surface area (Å²) < 4.78 is 10.3. The fraction of sp³-hybridized carbons (Fsp3) is 0.333. The van der Waals surface area contributed by atoms with Gasteiger partial charge in [-0.1, -0.05) is 26.0 Å². The number of ether oxygens (including phenoxy) is 2. The van der Waals surface area contributed by atoms with Crippen LogP contribution in [-0.2, 0) is 9.53 Å². The molecule has 0 saturated heterocycles. The highest BCUT2D eigenvalue weighted by Crippen LogP contribution is 2.33. The topological polar surface area (TPSA) is 108 Å². The van der Waals surface area contributed by atoms with E-state index in [4.69, 9.17) is 9.47 Å². The quantitative estimate of drug-likeness (QED) is 0.414. The molecule has 1 amide bonds. The molecule has 9 heteroatoms. The van der Waals surface area contributed by atoms with Crippen molar-refractivity contribution < 1.29 is 24.0 Å². The van der Waals surface area contributed by atoms with E-state index in [1.165, 1.54) is 29.5 Å². The third-order valence-corrected chi connectivity index (χ3v) is 4.84. The molecule has 0 aliphatic heterocycles. The zero-order chi connectivity index (χ0) is 20.0. The van der Waals surface area contributed by atoms with E-state index in [9.17, 15) is 19.7 Å². The third kappa shape index (κ3) is 5.27. The number of carbonyl (C=O) groups is 2. The van der Waals surface area contributed by atoms with E-state index in [2.05, 4.69) is 5.32 Å². The van der Waals surface area contributed by atoms with Crippen molar-refractivity contribution in [3.8, 4) is 5.75 Å². The van der Waals surface area contributed by atoms with Crippen LogP contribution in [0.2, 0.25) is 0 Å². The lowest BCUT2D eigenvalue weighted by molar-refractivity contribution is -0.385. The molecular weight excluding hydrogens is 372 g/mol. The lowest BCUT2D eigenvalue weighted by Gasteiger charge is -2.08. The van der Waals surface area contributed by atoms with E-state index in [-0.39, 0.29) is 29.5 Å². The molecule has 1 aromatic heterocycles. The second-order valence-corrected chi connectivity index (χ2v) is 6.91. The molecule has 2 rings (SSSR count). The number of benzene rings is 1. The van der Waals surface area contributed by atoms with Gasteiger partial charge in [0.2, 0.25) is 0 Å². The number of para-hydroxylation sites is 2. The van der Waals surface area contributed by atoms with Gasteiger partial charge in [-0.25, -0.2) is 4.79 Å². The first-order chi connectivity index (χ1) is 12.8. The van der Waals surface area contributed by atoms with Crippen LogP contribution in [0.4, 0.5) is 10.7 Å². The lowest BCUT2D eigenvalue weighted by atomic mass is 10.1. The van der Waals surface area contributed by atoms with E-state index in [1.807, 2.05) is 13.8 Å². The Kier molecular flexibility index (Phi) is 6.89. The number of thiophene rings is 1. The molecule has 0 spiro atoms. The van der Waals surface area contributed by atoms with Gasteiger partial charge in [0.15, 0.2) is 12.4 Å². The summed E-state index contributed by atoms with van der Waals surface area (Å²) in [5, 5.41) is 14.0. The number of hydrogen-bond acceptors (Lipinski definition) is 7. The van der Waals surface area contributed by atoms with Crippen molar-refractivity contribution in [2.24, 2.45) is 0 Å². The highest BCUT2D eigenvalue weighted by Gasteiger charge is 2.21. The summed E-state index contributed by atoms with van der Waals surface area (Å²) in [6, 6.07) is 7.49. The molecule has 0 aliphatic rings. The number of carbonyl (C=O) groups excluding carboxylic acids is 2. The molecule has 0 bridgehead atoms. The summed E-state index contributed by atoms with van der Waals surface area (Å²) >= 11 is 1.28. The Balaban J connectivity index is 2.11. The molecule has 0 radical (unpaired) electrons. The summed E-state index contributed by atoms with van der Waals surface area (Å²) in [7, 11) is 0. The van der Waals surface area contributed by atoms with Gasteiger partial charge in [-0.15, -0.1) is 11.3 Å². The molecule has 0 aliphatic carbocycles. The van der Waals surface area contributed by atoms with Crippen LogP contribution in [0, 0.1) is 10.1 Å². The molecule has 8 nitrogen and oxygen atoms in total. The molecule has 0 saturated carbocycles. The van der Waals surface area contributed by atoms with E-state index < -0.39 is 23.4 Å². The number of rotatable bonds is 8. The minimum Gasteiger partial charge on any atom is -0.477 e. The molecule has 1 heterocycles. The van der Waals surface area contributed by atoms with Crippen molar-refractivity contribution in [1.82, 2.24) is 0 Å². The minimum atomic E-state index is -0.583. The van der Waals surface area contributed by atoms with E-state index >= 15 is 0 Å². The first kappa shape index (κ1) is 20.4. The fourth-order valence-electron chi connectivity index (χ4n) is 2.18. The van der Waals surface area contributed by atoms with Crippen molar-refractivity contribution >= 4 is 33.9 Å². The number of nitro benzene ring substituents is 1. The zero-order valence-corrected chi connectivity index (χ0v) is 16.0. The number of anilines is 1. The largest absolute Gasteiger partial charge is 0.477 e. The van der Waals surface area contributed by atoms with Crippen LogP contribution in [0.5, 0.6) is 5.75 Å². The maximum atomic E-state index is 12.2. The molecule has 0 fully saturated rings. The van der Waals surface area contributed by atoms with Crippen LogP contribution < -0.4 is 10.1 Å². The van der Waals surface area contributed by atoms with Crippen molar-refractivity contribution in [3.05, 3.63) is 50.9 Å². The Bertz CT molecular complexity index is 846. The second-order valence-electron chi connectivity index (χ2n) is 5.83. The van der Waals surface area contributed by atoms with Crippen LogP contribution in [0.15, 0.2) is 30.3 Å². The normalized spacial score (nSPS) is 10.5. The molecule has 1 N–H and O–H groups in total. The van der Waals surface area contributed by atoms with E-state index in [0.29, 0.717) is 5.00 Å². The molecule has 0 unspecified atom stereocenters. The predicted octanol–water partition coefficient (Wildman–Crippen LogP) is 3.97. The average Bonchev–Trinajstić information content (AvgIpc) is 3.04. The minimum absolute atomic E-state index is 0.00249. The summed E-state index contributed by atoms with van der Waals surface area (Å²) in [4.78, 5) is 35.7. The van der Waals surface area contributed by atoms with Gasteiger partial charge in [-0.2, -0.15) is 0 Å². The zero-order valence-electron chi connectivity index (χ0n) is 15.2. The van der Waals surface area contributed by atoms with Crippen LogP contribution in [-0.4, -0.2) is 30.0 Å². The van der Waals surface area contributed by atoms with Crippen molar-refractivity contribution in [1.29, 1.82) is 0 Å². The molecule has 0 atom stereocenters. The van der Waals surface area contributed by atoms with Gasteiger partial charge in [-0.3, -0.25) is 14.9 Å². The SMILES string of the molecule is CCOC(=O)c1cc(C(C)C)sc1NC(=O)COc1ccccc1[N+](=O)[O-]. The van der Waals surface area contributed by atoms with Gasteiger partial charge in [0.05, 0.1) is 17.1 Å². The van der Waals surface area contributed by atoms with Crippen LogP contribution in [0.1, 0.15) is 41.9 Å². The Hall–Kier alpha value is -2.94. The van der Waals surface area contributed by atoms with Crippen LogP contribution in [0.3, 0.4) is 0 Å². The Morgan fingerprint density at radius 2 is 2.00 bits per heavy atom. The van der Waals surface area contributed by atoms with Gasteiger partial charge in [-0.05, 0) is 25.0 Å². The number of nitrogens with one attached hydrogen (secondary N) is 1. The maximum Gasteiger partial charge on any atom is 0.341 e. The van der Waals surface area contributed by atoms with Gasteiger partial charge in [0, 0.05) is 10.9 Å². The molecule has 27 heavy (non-hydrogen) atoms. The summed E-state index contributed by atoms with van der Waals surface area (Å²) in [6.45, 7) is 5.45. The van der Waals surface area contributed by atoms with Gasteiger partial charge >= 0.3 is 11.7 Å². The fourth-order valence-corrected chi connectivity index (χ4v) is 3.25. The van der Waals surface area contributed by atoms with Crippen molar-refractivity contribution in [2.75, 3.05) is 18.5 Å². The lowest BCUT2D eigenvalue weighted by Crippen LogP contribution is -2.21. The standard InChI is InChI=1S/C18H20N2O6S/c1-4-25-18(22)12-9-15(11(2)3)27-17(12)19-16(21)10-26-14-8-6-5-7-13(14)20(23)24/h5-9,11H,4,10H2,1-3H3,(H,19,21). The van der Waals surface area contributed by atoms with Crippen molar-refractivity contribution in [3.63, 3.8) is 0 Å². The number of esters is 1. The predicted molar refractivity (Wildman–Crippen MR) is 102 cm³/mol. The van der Waals surface area contributed by atoms with E-state index in [0.717, 1.165) is 4.88 Å². The number of nitro groups is 1. The molecule has 2 aromatic rings. The first-order valence-corrected chi connectivity index (χ1v) is 9.12. The van der Waals surface area contributed by atoms with E-state index in [1.54, 1.807) is 19.1 Å². The maximum absolute atomic E-state index is 12.2. The molecule has 1 aromatic carbocycles. The molecule has 144 valence electrons. The van der Waals surface area contributed by atoms with Gasteiger partial charge in [0.1, 0.15) is 5.00 Å². The average molecular weight is 392 g/mol. The number of nitrogens with zero attached hydrogens (tertiary/aromatic N) is 1. The first-order valence-electron chi connectivity index (χ1n) is 8.30. The summed E-state index contributed by atoms with van der Waals surface area (Å²) in [6.07, 6.45) is 0. The summed E-state index contributed by atoms with van der Waals surface area (Å²) in [5.74, 6) is -0.874. The highest BCUT2D eigenvalue weighted by molar-refractivity contribution is 7.16. The third-order valence-electron chi connectivity index (χ3n) is 3.49. The van der Waals surface area contributed by atoms with Crippen LogP contribution in [0.25, 0.3) is 0 Å². The Morgan fingerprint density at radius 1 is 1.30 bits per heavy atom.